The Morgan fingerprint density at radius 3 is 2.62 bits per heavy atom. The van der Waals surface area contributed by atoms with Gasteiger partial charge >= 0.3 is 0 Å². The third-order valence-electron chi connectivity index (χ3n) is 3.32. The molecule has 0 spiro atoms. The molecule has 110 valence electrons. The van der Waals surface area contributed by atoms with Crippen molar-refractivity contribution in [2.45, 2.75) is 20.0 Å². The lowest BCUT2D eigenvalue weighted by molar-refractivity contribution is -0.385. The molecule has 0 aliphatic heterocycles. The first-order valence-corrected chi connectivity index (χ1v) is 6.71. The summed E-state index contributed by atoms with van der Waals surface area (Å²) >= 11 is 0. The first kappa shape index (κ1) is 15.0. The van der Waals surface area contributed by atoms with E-state index < -0.39 is 11.0 Å². The molecule has 1 atom stereocenters. The Kier molecular flexibility index (Phi) is 4.55. The number of rotatable bonds is 5. The normalized spacial score (nSPS) is 12.0. The maximum absolute atomic E-state index is 10.8. The lowest BCUT2D eigenvalue weighted by atomic mass is 10.1. The van der Waals surface area contributed by atoms with Crippen molar-refractivity contribution in [1.82, 2.24) is 0 Å². The van der Waals surface area contributed by atoms with Crippen LogP contribution in [0.1, 0.15) is 22.8 Å². The van der Waals surface area contributed by atoms with E-state index in [-0.39, 0.29) is 5.69 Å². The maximum atomic E-state index is 10.8. The molecule has 0 heterocycles. The van der Waals surface area contributed by atoms with E-state index in [4.69, 9.17) is 0 Å². The van der Waals surface area contributed by atoms with Crippen molar-refractivity contribution in [3.8, 4) is 0 Å². The van der Waals surface area contributed by atoms with Gasteiger partial charge in [-0.2, -0.15) is 0 Å². The van der Waals surface area contributed by atoms with E-state index in [0.717, 1.165) is 16.8 Å². The average molecular weight is 286 g/mol. The summed E-state index contributed by atoms with van der Waals surface area (Å²) in [5, 5.41) is 24.0. The average Bonchev–Trinajstić information content (AvgIpc) is 2.44. The minimum absolute atomic E-state index is 0.0970. The number of nitro benzene ring substituents is 1. The fourth-order valence-electron chi connectivity index (χ4n) is 2.18. The highest BCUT2D eigenvalue weighted by Crippen LogP contribution is 2.22. The van der Waals surface area contributed by atoms with Crippen LogP contribution >= 0.6 is 0 Å². The van der Waals surface area contributed by atoms with Gasteiger partial charge in [0.2, 0.25) is 0 Å². The second-order valence-corrected chi connectivity index (χ2v) is 5.07. The van der Waals surface area contributed by atoms with Crippen LogP contribution in [-0.2, 0) is 0 Å². The smallest absolute Gasteiger partial charge is 0.272 e. The van der Waals surface area contributed by atoms with Crippen LogP contribution in [0.3, 0.4) is 0 Å². The van der Waals surface area contributed by atoms with Gasteiger partial charge in [0.25, 0.3) is 5.69 Å². The standard InChI is InChI=1S/C16H18N2O3/c1-11-4-3-5-13(8-11)16(19)10-17-14-6-7-15(18(20)21)12(2)9-14/h3-9,16-17,19H,10H2,1-2H3. The van der Waals surface area contributed by atoms with Gasteiger partial charge in [0.15, 0.2) is 0 Å². The van der Waals surface area contributed by atoms with Crippen LogP contribution in [0.25, 0.3) is 0 Å². The van der Waals surface area contributed by atoms with Gasteiger partial charge in [-0.05, 0) is 31.5 Å². The molecule has 0 radical (unpaired) electrons. The Balaban J connectivity index is 2.03. The second kappa shape index (κ2) is 6.37. The fraction of sp³-hybridized carbons (Fsp3) is 0.250. The number of hydrogen-bond acceptors (Lipinski definition) is 4. The number of benzene rings is 2. The molecule has 2 rings (SSSR count). The molecule has 2 aromatic rings. The molecule has 0 fully saturated rings. The first-order chi connectivity index (χ1) is 9.97. The molecule has 2 N–H and O–H groups in total. The molecule has 0 aliphatic rings. The van der Waals surface area contributed by atoms with E-state index in [9.17, 15) is 15.2 Å². The summed E-state index contributed by atoms with van der Waals surface area (Å²) in [6.07, 6.45) is -0.625. The number of nitrogens with one attached hydrogen (secondary N) is 1. The van der Waals surface area contributed by atoms with Crippen LogP contribution in [0.2, 0.25) is 0 Å². The van der Waals surface area contributed by atoms with E-state index in [1.54, 1.807) is 19.1 Å². The molecule has 0 aromatic heterocycles. The Labute approximate surface area is 123 Å². The molecule has 5 nitrogen and oxygen atoms in total. The highest BCUT2D eigenvalue weighted by atomic mass is 16.6. The summed E-state index contributed by atoms with van der Waals surface area (Å²) in [4.78, 5) is 10.4. The predicted octanol–water partition coefficient (Wildman–Crippen LogP) is 3.36. The van der Waals surface area contributed by atoms with Crippen LogP contribution in [0.15, 0.2) is 42.5 Å². The van der Waals surface area contributed by atoms with E-state index in [1.807, 2.05) is 31.2 Å². The largest absolute Gasteiger partial charge is 0.387 e. The van der Waals surface area contributed by atoms with Gasteiger partial charge in [0, 0.05) is 23.9 Å². The molecule has 1 unspecified atom stereocenters. The number of anilines is 1. The number of aliphatic hydroxyl groups is 1. The van der Waals surface area contributed by atoms with E-state index in [1.165, 1.54) is 6.07 Å². The van der Waals surface area contributed by atoms with Gasteiger partial charge in [-0.15, -0.1) is 0 Å². The molecule has 0 bridgehead atoms. The number of nitrogens with zero attached hydrogens (tertiary/aromatic N) is 1. The SMILES string of the molecule is Cc1cccc(C(O)CNc2ccc([N+](=O)[O-])c(C)c2)c1. The van der Waals surface area contributed by atoms with Crippen LogP contribution in [0.4, 0.5) is 11.4 Å². The highest BCUT2D eigenvalue weighted by Gasteiger charge is 2.11. The van der Waals surface area contributed by atoms with E-state index in [0.29, 0.717) is 12.1 Å². The molecule has 0 aliphatic carbocycles. The monoisotopic (exact) mass is 286 g/mol. The molecule has 2 aromatic carbocycles. The van der Waals surface area contributed by atoms with Crippen molar-refractivity contribution < 1.29 is 10.0 Å². The summed E-state index contributed by atoms with van der Waals surface area (Å²) < 4.78 is 0. The lowest BCUT2D eigenvalue weighted by Gasteiger charge is -2.14. The number of hydrogen-bond donors (Lipinski definition) is 2. The lowest BCUT2D eigenvalue weighted by Crippen LogP contribution is -2.12. The van der Waals surface area contributed by atoms with Gasteiger partial charge < -0.3 is 10.4 Å². The molecular weight excluding hydrogens is 268 g/mol. The van der Waals surface area contributed by atoms with Crippen LogP contribution in [0, 0.1) is 24.0 Å². The topological polar surface area (TPSA) is 75.4 Å². The number of nitro groups is 1. The minimum Gasteiger partial charge on any atom is -0.387 e. The highest BCUT2D eigenvalue weighted by molar-refractivity contribution is 5.53. The minimum atomic E-state index is -0.625. The Bertz CT molecular complexity index is 656. The van der Waals surface area contributed by atoms with Crippen molar-refractivity contribution >= 4 is 11.4 Å². The van der Waals surface area contributed by atoms with Crippen LogP contribution < -0.4 is 5.32 Å². The summed E-state index contributed by atoms with van der Waals surface area (Å²) in [6, 6.07) is 12.5. The Morgan fingerprint density at radius 2 is 2.00 bits per heavy atom. The maximum Gasteiger partial charge on any atom is 0.272 e. The zero-order valence-electron chi connectivity index (χ0n) is 12.0. The van der Waals surface area contributed by atoms with Crippen LogP contribution in [0.5, 0.6) is 0 Å². The van der Waals surface area contributed by atoms with Crippen molar-refractivity contribution in [2.75, 3.05) is 11.9 Å². The summed E-state index contributed by atoms with van der Waals surface area (Å²) in [6.45, 7) is 4.02. The van der Waals surface area contributed by atoms with Crippen molar-refractivity contribution in [3.05, 3.63) is 69.3 Å². The third kappa shape index (κ3) is 3.79. The summed E-state index contributed by atoms with van der Waals surface area (Å²) in [5.74, 6) is 0. The summed E-state index contributed by atoms with van der Waals surface area (Å²) in [5.41, 5.74) is 3.39. The van der Waals surface area contributed by atoms with Gasteiger partial charge in [-0.25, -0.2) is 0 Å². The number of aliphatic hydroxyl groups excluding tert-OH is 1. The molecule has 0 saturated heterocycles. The van der Waals surface area contributed by atoms with Crippen molar-refractivity contribution in [2.24, 2.45) is 0 Å². The Hall–Kier alpha value is -2.40. The van der Waals surface area contributed by atoms with E-state index in [2.05, 4.69) is 5.32 Å². The summed E-state index contributed by atoms with van der Waals surface area (Å²) in [7, 11) is 0. The van der Waals surface area contributed by atoms with Gasteiger partial charge in [-0.3, -0.25) is 10.1 Å². The van der Waals surface area contributed by atoms with Crippen molar-refractivity contribution in [3.63, 3.8) is 0 Å². The molecule has 21 heavy (non-hydrogen) atoms. The quantitative estimate of drug-likeness (QED) is 0.653. The third-order valence-corrected chi connectivity index (χ3v) is 3.32. The molecule has 5 heteroatoms. The zero-order chi connectivity index (χ0) is 15.4. The first-order valence-electron chi connectivity index (χ1n) is 6.71. The fourth-order valence-corrected chi connectivity index (χ4v) is 2.18. The van der Waals surface area contributed by atoms with Crippen LogP contribution in [-0.4, -0.2) is 16.6 Å². The molecular formula is C16H18N2O3. The van der Waals surface area contributed by atoms with Crippen molar-refractivity contribution in [1.29, 1.82) is 0 Å². The van der Waals surface area contributed by atoms with E-state index >= 15 is 0 Å². The predicted molar refractivity (Wildman–Crippen MR) is 82.5 cm³/mol. The second-order valence-electron chi connectivity index (χ2n) is 5.07. The van der Waals surface area contributed by atoms with Gasteiger partial charge in [-0.1, -0.05) is 29.8 Å². The Morgan fingerprint density at radius 1 is 1.24 bits per heavy atom. The zero-order valence-corrected chi connectivity index (χ0v) is 12.0. The number of aryl methyl sites for hydroxylation is 2. The molecule has 0 amide bonds. The van der Waals surface area contributed by atoms with Gasteiger partial charge in [0.05, 0.1) is 11.0 Å². The molecule has 0 saturated carbocycles. The van der Waals surface area contributed by atoms with Gasteiger partial charge in [0.1, 0.15) is 0 Å².